The fourth-order valence-electron chi connectivity index (χ4n) is 1.90. The van der Waals surface area contributed by atoms with E-state index < -0.39 is 10.8 Å². The molecular weight excluding hydrogens is 314 g/mol. The summed E-state index contributed by atoms with van der Waals surface area (Å²) in [6.45, 7) is 0. The van der Waals surface area contributed by atoms with Crippen LogP contribution in [0, 0.1) is 10.1 Å². The van der Waals surface area contributed by atoms with Crippen molar-refractivity contribution in [1.82, 2.24) is 5.43 Å². The Morgan fingerprint density at radius 2 is 1.88 bits per heavy atom. The highest BCUT2D eigenvalue weighted by Crippen LogP contribution is 2.22. The van der Waals surface area contributed by atoms with E-state index >= 15 is 0 Å². The van der Waals surface area contributed by atoms with Crippen molar-refractivity contribution in [2.45, 2.75) is 0 Å². The molecule has 1 N–H and O–H groups in total. The second-order valence-electron chi connectivity index (χ2n) is 4.61. The third-order valence-corrected chi connectivity index (χ3v) is 3.15. The Hall–Kier alpha value is -3.42. The Bertz CT molecular complexity index is 772. The summed E-state index contributed by atoms with van der Waals surface area (Å²) in [6, 6.07) is 10.6. The summed E-state index contributed by atoms with van der Waals surface area (Å²) in [5.74, 6) is 0.623. The van der Waals surface area contributed by atoms with Crippen molar-refractivity contribution in [1.29, 1.82) is 0 Å². The Labute approximate surface area is 137 Å². The SMILES string of the molecule is COc1ccc(C(=O)NN=Cc2cc([N+](=O)[O-])ccc2OC)cc1. The van der Waals surface area contributed by atoms with Crippen LogP contribution < -0.4 is 14.9 Å². The van der Waals surface area contributed by atoms with Gasteiger partial charge in [-0.2, -0.15) is 5.10 Å². The van der Waals surface area contributed by atoms with Gasteiger partial charge >= 0.3 is 0 Å². The quantitative estimate of drug-likeness (QED) is 0.498. The summed E-state index contributed by atoms with van der Waals surface area (Å²) in [5, 5.41) is 14.6. The standard InChI is InChI=1S/C16H15N3O5/c1-23-14-6-3-11(4-7-14)16(20)18-17-10-12-9-13(19(21)22)5-8-15(12)24-2/h3-10H,1-2H3,(H,18,20). The molecule has 124 valence electrons. The predicted octanol–water partition coefficient (Wildman–Crippen LogP) is 2.38. The lowest BCUT2D eigenvalue weighted by molar-refractivity contribution is -0.384. The maximum Gasteiger partial charge on any atom is 0.271 e. The Balaban J connectivity index is 2.11. The molecule has 0 saturated heterocycles. The minimum absolute atomic E-state index is 0.0984. The molecule has 24 heavy (non-hydrogen) atoms. The molecular formula is C16H15N3O5. The zero-order valence-corrected chi connectivity index (χ0v) is 13.1. The van der Waals surface area contributed by atoms with E-state index in [0.29, 0.717) is 22.6 Å². The van der Waals surface area contributed by atoms with Crippen molar-refractivity contribution in [2.24, 2.45) is 5.10 Å². The molecule has 8 nitrogen and oxygen atoms in total. The number of hydrazone groups is 1. The van der Waals surface area contributed by atoms with Gasteiger partial charge in [0.05, 0.1) is 25.4 Å². The summed E-state index contributed by atoms with van der Waals surface area (Å²) in [7, 11) is 2.97. The van der Waals surface area contributed by atoms with Gasteiger partial charge in [0.1, 0.15) is 11.5 Å². The number of ether oxygens (including phenoxy) is 2. The van der Waals surface area contributed by atoms with Gasteiger partial charge in [-0.25, -0.2) is 5.43 Å². The number of methoxy groups -OCH3 is 2. The molecule has 2 rings (SSSR count). The number of hydrogen-bond acceptors (Lipinski definition) is 6. The van der Waals surface area contributed by atoms with Crippen LogP contribution in [0.15, 0.2) is 47.6 Å². The number of nitrogens with zero attached hydrogens (tertiary/aromatic N) is 2. The van der Waals surface area contributed by atoms with Crippen molar-refractivity contribution in [3.05, 3.63) is 63.7 Å². The highest BCUT2D eigenvalue weighted by atomic mass is 16.6. The van der Waals surface area contributed by atoms with E-state index in [1.54, 1.807) is 24.3 Å². The van der Waals surface area contributed by atoms with Gasteiger partial charge in [0.2, 0.25) is 0 Å². The van der Waals surface area contributed by atoms with Crippen LogP contribution in [0.5, 0.6) is 11.5 Å². The molecule has 8 heteroatoms. The van der Waals surface area contributed by atoms with Crippen LogP contribution in [-0.2, 0) is 0 Å². The normalized spacial score (nSPS) is 10.4. The van der Waals surface area contributed by atoms with Gasteiger partial charge in [0.15, 0.2) is 0 Å². The second kappa shape index (κ2) is 7.73. The number of amides is 1. The molecule has 2 aromatic carbocycles. The second-order valence-corrected chi connectivity index (χ2v) is 4.61. The first-order chi connectivity index (χ1) is 11.5. The summed E-state index contributed by atoms with van der Waals surface area (Å²) < 4.78 is 10.1. The molecule has 0 unspecified atom stereocenters. The minimum atomic E-state index is -0.521. The Morgan fingerprint density at radius 1 is 1.17 bits per heavy atom. The topological polar surface area (TPSA) is 103 Å². The summed E-state index contributed by atoms with van der Waals surface area (Å²) in [6.07, 6.45) is 1.28. The molecule has 0 heterocycles. The molecule has 0 radical (unpaired) electrons. The van der Waals surface area contributed by atoms with Crippen LogP contribution in [0.2, 0.25) is 0 Å². The Kier molecular flexibility index (Phi) is 5.45. The maximum absolute atomic E-state index is 12.0. The van der Waals surface area contributed by atoms with Crippen molar-refractivity contribution in [3.63, 3.8) is 0 Å². The van der Waals surface area contributed by atoms with Crippen LogP contribution in [0.25, 0.3) is 0 Å². The van der Waals surface area contributed by atoms with E-state index in [0.717, 1.165) is 0 Å². The first-order valence-electron chi connectivity index (χ1n) is 6.85. The van der Waals surface area contributed by atoms with E-state index in [-0.39, 0.29) is 5.69 Å². The number of non-ortho nitro benzene ring substituents is 1. The lowest BCUT2D eigenvalue weighted by Gasteiger charge is -2.04. The third-order valence-electron chi connectivity index (χ3n) is 3.15. The fraction of sp³-hybridized carbons (Fsp3) is 0.125. The van der Waals surface area contributed by atoms with Gasteiger partial charge in [0, 0.05) is 23.3 Å². The third kappa shape index (κ3) is 4.07. The van der Waals surface area contributed by atoms with Crippen LogP contribution in [-0.4, -0.2) is 31.3 Å². The molecule has 0 spiro atoms. The molecule has 0 atom stereocenters. The lowest BCUT2D eigenvalue weighted by Crippen LogP contribution is -2.17. The number of carbonyl (C=O) groups excluding carboxylic acids is 1. The molecule has 0 saturated carbocycles. The molecule has 1 amide bonds. The highest BCUT2D eigenvalue weighted by Gasteiger charge is 2.10. The number of benzene rings is 2. The van der Waals surface area contributed by atoms with Crippen LogP contribution in [0.3, 0.4) is 0 Å². The number of nitro groups is 1. The van der Waals surface area contributed by atoms with E-state index in [9.17, 15) is 14.9 Å². The monoisotopic (exact) mass is 329 g/mol. The molecule has 0 fully saturated rings. The zero-order chi connectivity index (χ0) is 17.5. The van der Waals surface area contributed by atoms with Gasteiger partial charge in [-0.05, 0) is 30.3 Å². The number of hydrogen-bond donors (Lipinski definition) is 1. The van der Waals surface area contributed by atoms with E-state index in [4.69, 9.17) is 9.47 Å². The average molecular weight is 329 g/mol. The molecule has 0 aliphatic heterocycles. The minimum Gasteiger partial charge on any atom is -0.497 e. The van der Waals surface area contributed by atoms with Crippen LogP contribution in [0.1, 0.15) is 15.9 Å². The van der Waals surface area contributed by atoms with E-state index in [2.05, 4.69) is 10.5 Å². The van der Waals surface area contributed by atoms with Crippen molar-refractivity contribution >= 4 is 17.8 Å². The van der Waals surface area contributed by atoms with Crippen molar-refractivity contribution in [3.8, 4) is 11.5 Å². The first kappa shape index (κ1) is 16.9. The van der Waals surface area contributed by atoms with Gasteiger partial charge < -0.3 is 9.47 Å². The molecule has 0 aliphatic carbocycles. The smallest absolute Gasteiger partial charge is 0.271 e. The average Bonchev–Trinajstić information content (AvgIpc) is 2.61. The number of nitrogens with one attached hydrogen (secondary N) is 1. The van der Waals surface area contributed by atoms with Crippen molar-refractivity contribution in [2.75, 3.05) is 14.2 Å². The molecule has 2 aromatic rings. The van der Waals surface area contributed by atoms with Gasteiger partial charge in [-0.3, -0.25) is 14.9 Å². The largest absolute Gasteiger partial charge is 0.497 e. The van der Waals surface area contributed by atoms with E-state index in [1.807, 2.05) is 0 Å². The maximum atomic E-state index is 12.0. The first-order valence-corrected chi connectivity index (χ1v) is 6.85. The fourth-order valence-corrected chi connectivity index (χ4v) is 1.90. The lowest BCUT2D eigenvalue weighted by atomic mass is 10.2. The number of rotatable bonds is 6. The zero-order valence-electron chi connectivity index (χ0n) is 13.1. The number of nitro benzene ring substituents is 1. The van der Waals surface area contributed by atoms with Crippen molar-refractivity contribution < 1.29 is 19.2 Å². The number of carbonyl (C=O) groups is 1. The molecule has 0 bridgehead atoms. The highest BCUT2D eigenvalue weighted by molar-refractivity contribution is 5.95. The van der Waals surface area contributed by atoms with Crippen LogP contribution in [0.4, 0.5) is 5.69 Å². The molecule has 0 aliphatic rings. The predicted molar refractivity (Wildman–Crippen MR) is 87.7 cm³/mol. The van der Waals surface area contributed by atoms with Gasteiger partial charge in [-0.1, -0.05) is 0 Å². The summed E-state index contributed by atoms with van der Waals surface area (Å²) in [4.78, 5) is 22.3. The van der Waals surface area contributed by atoms with Gasteiger partial charge in [0.25, 0.3) is 11.6 Å². The summed E-state index contributed by atoms with van der Waals surface area (Å²) >= 11 is 0. The summed E-state index contributed by atoms with van der Waals surface area (Å²) in [5.41, 5.74) is 3.03. The van der Waals surface area contributed by atoms with Crippen LogP contribution >= 0.6 is 0 Å². The Morgan fingerprint density at radius 3 is 2.46 bits per heavy atom. The molecule has 0 aromatic heterocycles. The van der Waals surface area contributed by atoms with Gasteiger partial charge in [-0.15, -0.1) is 0 Å². The van der Waals surface area contributed by atoms with E-state index in [1.165, 1.54) is 38.6 Å².